The molecule has 2 unspecified atom stereocenters. The first-order valence-corrected chi connectivity index (χ1v) is 13.8. The lowest BCUT2D eigenvalue weighted by molar-refractivity contribution is -0.119. The molecule has 0 aromatic heterocycles. The summed E-state index contributed by atoms with van der Waals surface area (Å²) < 4.78 is 35.9. The van der Waals surface area contributed by atoms with Gasteiger partial charge in [-0.3, -0.25) is 9.79 Å². The zero-order valence-corrected chi connectivity index (χ0v) is 24.8. The summed E-state index contributed by atoms with van der Waals surface area (Å²) in [7, 11) is 4.28. The van der Waals surface area contributed by atoms with Crippen molar-refractivity contribution in [1.82, 2.24) is 0 Å². The Balaban J connectivity index is 1.48. The van der Waals surface area contributed by atoms with Gasteiger partial charge in [-0.2, -0.15) is 0 Å². The third-order valence-corrected chi connectivity index (χ3v) is 7.36. The largest absolute Gasteiger partial charge is 0.493 e. The van der Waals surface area contributed by atoms with Crippen LogP contribution in [-0.2, 0) is 15.1 Å². The first-order valence-electron chi connectivity index (χ1n) is 13.4. The lowest BCUT2D eigenvalue weighted by atomic mass is 9.89. The van der Waals surface area contributed by atoms with E-state index < -0.39 is 29.3 Å². The molecule has 0 aliphatic carbocycles. The molecule has 0 saturated heterocycles. The molecule has 10 heteroatoms. The molecule has 0 spiro atoms. The summed E-state index contributed by atoms with van der Waals surface area (Å²) in [5.74, 6) is -0.408. The van der Waals surface area contributed by atoms with E-state index in [-0.39, 0.29) is 11.3 Å². The van der Waals surface area contributed by atoms with Gasteiger partial charge in [-0.15, -0.1) is 0 Å². The highest BCUT2D eigenvalue weighted by Gasteiger charge is 2.39. The number of allylic oxidation sites excluding steroid dienone is 1. The molecular weight excluding hydrogens is 587 g/mol. The molecule has 2 atom stereocenters. The van der Waals surface area contributed by atoms with Crippen LogP contribution in [0.1, 0.15) is 33.2 Å². The highest BCUT2D eigenvalue weighted by molar-refractivity contribution is 6.30. The third kappa shape index (κ3) is 6.14. The summed E-state index contributed by atoms with van der Waals surface area (Å²) in [5.41, 5.74) is 0.903. The van der Waals surface area contributed by atoms with Gasteiger partial charge in [-0.25, -0.2) is 9.18 Å². The molecule has 8 nitrogen and oxygen atoms in total. The number of anilines is 1. The molecule has 1 aliphatic heterocycles. The first kappa shape index (κ1) is 30.3. The highest BCUT2D eigenvalue weighted by Crippen LogP contribution is 2.38. The molecule has 0 fully saturated rings. The van der Waals surface area contributed by atoms with Crippen LogP contribution in [0.4, 0.5) is 10.1 Å². The van der Waals surface area contributed by atoms with Crippen LogP contribution < -0.4 is 19.5 Å². The van der Waals surface area contributed by atoms with Crippen LogP contribution in [0.25, 0.3) is 0 Å². The van der Waals surface area contributed by atoms with Crippen molar-refractivity contribution in [3.8, 4) is 17.2 Å². The molecule has 0 radical (unpaired) electrons. The molecule has 224 valence electrons. The molecule has 44 heavy (non-hydrogen) atoms. The van der Waals surface area contributed by atoms with Crippen molar-refractivity contribution in [3.05, 3.63) is 130 Å². The van der Waals surface area contributed by atoms with Gasteiger partial charge in [-0.05, 0) is 83.4 Å². The average Bonchev–Trinajstić information content (AvgIpc) is 3.56. The number of ether oxygens (including phenoxy) is 4. The van der Waals surface area contributed by atoms with Crippen LogP contribution in [-0.4, -0.2) is 39.4 Å². The van der Waals surface area contributed by atoms with Crippen molar-refractivity contribution >= 4 is 35.4 Å². The quantitative estimate of drug-likeness (QED) is 0.195. The minimum absolute atomic E-state index is 0.0667. The van der Waals surface area contributed by atoms with Gasteiger partial charge >= 0.3 is 5.97 Å². The number of halogens is 2. The summed E-state index contributed by atoms with van der Waals surface area (Å²) in [4.78, 5) is 31.2. The smallest absolute Gasteiger partial charge is 0.341 e. The lowest BCUT2D eigenvalue weighted by Gasteiger charge is -2.25. The number of aliphatic imine (C=N–C) groups is 1. The topological polar surface area (TPSA) is 95.5 Å². The SMILES string of the molecule is COC(=O)c1cc(NC(=O)C2(c3ccc(OC)c(OC)c3)C=CC=N2)ccc1OC(c1ccc(F)cc1)c1ccc(Cl)cc1. The van der Waals surface area contributed by atoms with Crippen LogP contribution in [0.15, 0.2) is 102 Å². The van der Waals surface area contributed by atoms with Gasteiger partial charge in [0, 0.05) is 16.9 Å². The van der Waals surface area contributed by atoms with Gasteiger partial charge in [0.2, 0.25) is 0 Å². The van der Waals surface area contributed by atoms with Crippen molar-refractivity contribution < 1.29 is 32.9 Å². The standard InChI is InChI=1S/C34H28ClFN2O6/c1-41-29-15-9-23(19-30(29)42-2)34(17-4-18-37-34)33(40)38-26-14-16-28(27(20-26)32(39)43-3)44-31(21-5-10-24(35)11-6-21)22-7-12-25(36)13-8-22/h4-20,31H,1-3H3,(H,38,40). The minimum atomic E-state index is -1.39. The van der Waals surface area contributed by atoms with E-state index in [0.29, 0.717) is 33.3 Å². The molecule has 1 N–H and O–H groups in total. The molecule has 0 saturated carbocycles. The van der Waals surface area contributed by atoms with E-state index in [1.807, 2.05) is 0 Å². The Kier molecular flexibility index (Phi) is 8.96. The van der Waals surface area contributed by atoms with Crippen molar-refractivity contribution in [1.29, 1.82) is 0 Å². The van der Waals surface area contributed by atoms with Crippen LogP contribution in [0.2, 0.25) is 5.02 Å². The molecule has 5 rings (SSSR count). The highest BCUT2D eigenvalue weighted by atomic mass is 35.5. The average molecular weight is 615 g/mol. The van der Waals surface area contributed by atoms with Crippen LogP contribution >= 0.6 is 11.6 Å². The monoisotopic (exact) mass is 614 g/mol. The molecule has 4 aromatic carbocycles. The zero-order valence-electron chi connectivity index (χ0n) is 24.0. The normalized spacial score (nSPS) is 15.8. The first-order chi connectivity index (χ1) is 21.3. The molecule has 4 aromatic rings. The van der Waals surface area contributed by atoms with Gasteiger partial charge < -0.3 is 24.3 Å². The van der Waals surface area contributed by atoms with Crippen LogP contribution in [0, 0.1) is 5.82 Å². The van der Waals surface area contributed by atoms with E-state index in [4.69, 9.17) is 30.5 Å². The van der Waals surface area contributed by atoms with Crippen LogP contribution in [0.3, 0.4) is 0 Å². The number of benzene rings is 4. The number of amides is 1. The molecular formula is C34H28ClFN2O6. The Labute approximate surface area is 258 Å². The van der Waals surface area contributed by atoms with Crippen molar-refractivity contribution in [2.45, 2.75) is 11.6 Å². The number of methoxy groups -OCH3 is 3. The maximum atomic E-state index is 13.8. The Morgan fingerprint density at radius 3 is 2.11 bits per heavy atom. The zero-order chi connectivity index (χ0) is 31.3. The van der Waals surface area contributed by atoms with Gasteiger partial charge in [0.15, 0.2) is 17.0 Å². The van der Waals surface area contributed by atoms with E-state index in [1.54, 1.807) is 85.1 Å². The summed E-state index contributed by atoms with van der Waals surface area (Å²) in [5, 5.41) is 3.41. The van der Waals surface area contributed by atoms with E-state index >= 15 is 0 Å². The fraction of sp³-hybridized carbons (Fsp3) is 0.147. The third-order valence-electron chi connectivity index (χ3n) is 7.10. The Morgan fingerprint density at radius 2 is 1.50 bits per heavy atom. The van der Waals surface area contributed by atoms with Gasteiger partial charge in [0.05, 0.1) is 21.3 Å². The number of esters is 1. The van der Waals surface area contributed by atoms with E-state index in [0.717, 1.165) is 5.56 Å². The molecule has 1 aliphatic rings. The number of hydrogen-bond donors (Lipinski definition) is 1. The van der Waals surface area contributed by atoms with Gasteiger partial charge in [-0.1, -0.05) is 41.9 Å². The number of hydrogen-bond acceptors (Lipinski definition) is 7. The predicted molar refractivity (Wildman–Crippen MR) is 166 cm³/mol. The summed E-state index contributed by atoms with van der Waals surface area (Å²) in [6.07, 6.45) is 4.17. The Morgan fingerprint density at radius 1 is 0.841 bits per heavy atom. The molecule has 0 bridgehead atoms. The number of rotatable bonds is 10. The fourth-order valence-corrected chi connectivity index (χ4v) is 4.96. The summed E-state index contributed by atoms with van der Waals surface area (Å²) in [6.45, 7) is 0. The number of nitrogens with zero attached hydrogens (tertiary/aromatic N) is 1. The van der Waals surface area contributed by atoms with Gasteiger partial charge in [0.25, 0.3) is 5.91 Å². The summed E-state index contributed by atoms with van der Waals surface area (Å²) >= 11 is 6.10. The van der Waals surface area contributed by atoms with Crippen molar-refractivity contribution in [2.75, 3.05) is 26.6 Å². The van der Waals surface area contributed by atoms with Crippen molar-refractivity contribution in [2.24, 2.45) is 4.99 Å². The summed E-state index contributed by atoms with van der Waals surface area (Å²) in [6, 6.07) is 22.6. The minimum Gasteiger partial charge on any atom is -0.493 e. The maximum absolute atomic E-state index is 13.8. The lowest BCUT2D eigenvalue weighted by Crippen LogP contribution is -2.36. The van der Waals surface area contributed by atoms with Gasteiger partial charge in [0.1, 0.15) is 23.2 Å². The maximum Gasteiger partial charge on any atom is 0.341 e. The Bertz CT molecular complexity index is 1680. The van der Waals surface area contributed by atoms with E-state index in [2.05, 4.69) is 10.3 Å². The van der Waals surface area contributed by atoms with Crippen LogP contribution in [0.5, 0.6) is 17.2 Å². The number of carbonyl (C=O) groups excluding carboxylic acids is 2. The Hall–Kier alpha value is -5.15. The van der Waals surface area contributed by atoms with E-state index in [9.17, 15) is 14.0 Å². The molecule has 1 amide bonds. The number of nitrogens with one attached hydrogen (secondary N) is 1. The van der Waals surface area contributed by atoms with E-state index in [1.165, 1.54) is 39.5 Å². The second-order valence-corrected chi connectivity index (χ2v) is 10.2. The fourth-order valence-electron chi connectivity index (χ4n) is 4.83. The second-order valence-electron chi connectivity index (χ2n) is 9.73. The second kappa shape index (κ2) is 13.0. The van der Waals surface area contributed by atoms with Crippen molar-refractivity contribution in [3.63, 3.8) is 0 Å². The number of carbonyl (C=O) groups is 2. The predicted octanol–water partition coefficient (Wildman–Crippen LogP) is 6.93. The molecule has 1 heterocycles.